The Bertz CT molecular complexity index is 509. The van der Waals surface area contributed by atoms with Gasteiger partial charge in [0.05, 0.1) is 0 Å². The summed E-state index contributed by atoms with van der Waals surface area (Å²) in [7, 11) is 0. The van der Waals surface area contributed by atoms with Crippen LogP contribution in [0.5, 0.6) is 11.5 Å². The van der Waals surface area contributed by atoms with Crippen LogP contribution in [0.3, 0.4) is 0 Å². The van der Waals surface area contributed by atoms with Crippen molar-refractivity contribution in [2.24, 2.45) is 0 Å². The zero-order valence-electron chi connectivity index (χ0n) is 12.4. The van der Waals surface area contributed by atoms with Gasteiger partial charge in [-0.3, -0.25) is 0 Å². The smallest absolute Gasteiger partial charge is 0.122 e. The molecule has 106 valence electrons. The zero-order valence-corrected chi connectivity index (χ0v) is 12.4. The molecule has 0 aliphatic carbocycles. The molecule has 0 radical (unpaired) electrons. The summed E-state index contributed by atoms with van der Waals surface area (Å²) in [6, 6.07) is 18.0. The third kappa shape index (κ3) is 4.30. The Balaban J connectivity index is 1.77. The molecule has 20 heavy (non-hydrogen) atoms. The van der Waals surface area contributed by atoms with E-state index >= 15 is 0 Å². The van der Waals surface area contributed by atoms with Crippen LogP contribution in [0.2, 0.25) is 0 Å². The molecule has 0 heterocycles. The van der Waals surface area contributed by atoms with Gasteiger partial charge >= 0.3 is 0 Å². The maximum atomic E-state index is 5.67. The van der Waals surface area contributed by atoms with Gasteiger partial charge in [-0.05, 0) is 35.2 Å². The van der Waals surface area contributed by atoms with Gasteiger partial charge in [0.2, 0.25) is 0 Å². The minimum atomic E-state index is 0.176. The molecule has 0 saturated carbocycles. The molecule has 0 bridgehead atoms. The third-order valence-corrected chi connectivity index (χ3v) is 3.08. The van der Waals surface area contributed by atoms with E-state index < -0.39 is 0 Å². The Labute approximate surface area is 121 Å². The Hall–Kier alpha value is -1.96. The summed E-state index contributed by atoms with van der Waals surface area (Å²) in [5.74, 6) is 1.76. The number of ether oxygens (including phenoxy) is 2. The standard InChI is InChI=1S/C18H22O2/c1-18(2,3)15-9-11-17(12-10-15)20-14-13-19-16-7-5-4-6-8-16/h4-12H,13-14H2,1-3H3. The van der Waals surface area contributed by atoms with Crippen LogP contribution < -0.4 is 9.47 Å². The zero-order chi connectivity index (χ0) is 14.4. The highest BCUT2D eigenvalue weighted by Gasteiger charge is 2.12. The number of rotatable bonds is 5. The van der Waals surface area contributed by atoms with Crippen molar-refractivity contribution in [3.8, 4) is 11.5 Å². The Morgan fingerprint density at radius 1 is 0.700 bits per heavy atom. The van der Waals surface area contributed by atoms with Crippen molar-refractivity contribution in [3.63, 3.8) is 0 Å². The van der Waals surface area contributed by atoms with Crippen LogP contribution in [0.4, 0.5) is 0 Å². The molecule has 0 saturated heterocycles. The summed E-state index contributed by atoms with van der Waals surface area (Å²) in [5.41, 5.74) is 1.49. The van der Waals surface area contributed by atoms with E-state index in [4.69, 9.17) is 9.47 Å². The van der Waals surface area contributed by atoms with Gasteiger partial charge in [0.15, 0.2) is 0 Å². The van der Waals surface area contributed by atoms with Crippen LogP contribution in [0, 0.1) is 0 Å². The predicted octanol–water partition coefficient (Wildman–Crippen LogP) is 4.44. The monoisotopic (exact) mass is 270 g/mol. The fourth-order valence-electron chi connectivity index (χ4n) is 1.89. The van der Waals surface area contributed by atoms with Gasteiger partial charge in [0.25, 0.3) is 0 Å². The summed E-state index contributed by atoms with van der Waals surface area (Å²) in [5, 5.41) is 0. The minimum absolute atomic E-state index is 0.176. The molecule has 0 spiro atoms. The van der Waals surface area contributed by atoms with Crippen LogP contribution in [-0.2, 0) is 5.41 Å². The van der Waals surface area contributed by atoms with Gasteiger partial charge in [-0.25, -0.2) is 0 Å². The second kappa shape index (κ2) is 6.47. The first-order valence-electron chi connectivity index (χ1n) is 6.97. The largest absolute Gasteiger partial charge is 0.490 e. The summed E-state index contributed by atoms with van der Waals surface area (Å²) in [4.78, 5) is 0. The fraction of sp³-hybridized carbons (Fsp3) is 0.333. The summed E-state index contributed by atoms with van der Waals surface area (Å²) < 4.78 is 11.3. The molecular weight excluding hydrogens is 248 g/mol. The van der Waals surface area contributed by atoms with Gasteiger partial charge in [-0.2, -0.15) is 0 Å². The lowest BCUT2D eigenvalue weighted by Gasteiger charge is -2.19. The first kappa shape index (κ1) is 14.4. The van der Waals surface area contributed by atoms with Gasteiger partial charge in [0, 0.05) is 0 Å². The van der Waals surface area contributed by atoms with Crippen molar-refractivity contribution >= 4 is 0 Å². The first-order valence-corrected chi connectivity index (χ1v) is 6.97. The molecule has 0 aliphatic heterocycles. The molecule has 0 atom stereocenters. The van der Waals surface area contributed by atoms with Crippen molar-refractivity contribution in [1.29, 1.82) is 0 Å². The molecule has 2 heteroatoms. The van der Waals surface area contributed by atoms with E-state index in [1.165, 1.54) is 5.56 Å². The highest BCUT2D eigenvalue weighted by atomic mass is 16.5. The van der Waals surface area contributed by atoms with Crippen LogP contribution in [-0.4, -0.2) is 13.2 Å². The van der Waals surface area contributed by atoms with E-state index in [2.05, 4.69) is 32.9 Å². The van der Waals surface area contributed by atoms with Crippen molar-refractivity contribution < 1.29 is 9.47 Å². The van der Waals surface area contributed by atoms with E-state index in [1.54, 1.807) is 0 Å². The number of hydrogen-bond donors (Lipinski definition) is 0. The molecule has 2 aromatic rings. The summed E-state index contributed by atoms with van der Waals surface area (Å²) in [6.45, 7) is 7.71. The van der Waals surface area contributed by atoms with Crippen molar-refractivity contribution in [1.82, 2.24) is 0 Å². The number of hydrogen-bond acceptors (Lipinski definition) is 2. The average Bonchev–Trinajstić information content (AvgIpc) is 2.44. The van der Waals surface area contributed by atoms with Crippen LogP contribution in [0.25, 0.3) is 0 Å². The van der Waals surface area contributed by atoms with Crippen LogP contribution in [0.1, 0.15) is 26.3 Å². The van der Waals surface area contributed by atoms with E-state index in [-0.39, 0.29) is 5.41 Å². The SMILES string of the molecule is CC(C)(C)c1ccc(OCCOc2ccccc2)cc1. The molecule has 2 aromatic carbocycles. The van der Waals surface area contributed by atoms with Crippen LogP contribution in [0.15, 0.2) is 54.6 Å². The predicted molar refractivity (Wildman–Crippen MR) is 82.6 cm³/mol. The topological polar surface area (TPSA) is 18.5 Å². The molecule has 0 N–H and O–H groups in total. The second-order valence-corrected chi connectivity index (χ2v) is 5.78. The normalized spacial score (nSPS) is 11.2. The molecule has 2 nitrogen and oxygen atoms in total. The molecule has 0 fully saturated rings. The highest BCUT2D eigenvalue weighted by molar-refractivity contribution is 5.31. The molecule has 2 rings (SSSR count). The highest BCUT2D eigenvalue weighted by Crippen LogP contribution is 2.24. The number of para-hydroxylation sites is 1. The summed E-state index contributed by atoms with van der Waals surface area (Å²) >= 11 is 0. The van der Waals surface area contributed by atoms with Gasteiger partial charge < -0.3 is 9.47 Å². The van der Waals surface area contributed by atoms with E-state index in [0.29, 0.717) is 13.2 Å². The van der Waals surface area contributed by atoms with E-state index in [1.807, 2.05) is 42.5 Å². The van der Waals surface area contributed by atoms with Gasteiger partial charge in [-0.1, -0.05) is 51.1 Å². The second-order valence-electron chi connectivity index (χ2n) is 5.78. The Kier molecular flexibility index (Phi) is 4.67. The summed E-state index contributed by atoms with van der Waals surface area (Å²) in [6.07, 6.45) is 0. The van der Waals surface area contributed by atoms with Crippen LogP contribution >= 0.6 is 0 Å². The molecular formula is C18H22O2. The minimum Gasteiger partial charge on any atom is -0.490 e. The molecule has 0 aromatic heterocycles. The van der Waals surface area contributed by atoms with Crippen molar-refractivity contribution in [2.45, 2.75) is 26.2 Å². The first-order chi connectivity index (χ1) is 9.55. The average molecular weight is 270 g/mol. The maximum Gasteiger partial charge on any atom is 0.122 e. The molecule has 0 aliphatic rings. The fourth-order valence-corrected chi connectivity index (χ4v) is 1.89. The van der Waals surface area contributed by atoms with Crippen molar-refractivity contribution in [3.05, 3.63) is 60.2 Å². The van der Waals surface area contributed by atoms with Gasteiger partial charge in [0.1, 0.15) is 24.7 Å². The van der Waals surface area contributed by atoms with E-state index in [0.717, 1.165) is 11.5 Å². The Morgan fingerprint density at radius 2 is 1.20 bits per heavy atom. The molecule has 0 amide bonds. The lowest BCUT2D eigenvalue weighted by atomic mass is 9.87. The maximum absolute atomic E-state index is 5.67. The van der Waals surface area contributed by atoms with Crippen molar-refractivity contribution in [2.75, 3.05) is 13.2 Å². The third-order valence-electron chi connectivity index (χ3n) is 3.08. The number of benzene rings is 2. The Morgan fingerprint density at radius 3 is 1.70 bits per heavy atom. The van der Waals surface area contributed by atoms with Gasteiger partial charge in [-0.15, -0.1) is 0 Å². The van der Waals surface area contributed by atoms with E-state index in [9.17, 15) is 0 Å². The molecule has 0 unspecified atom stereocenters. The quantitative estimate of drug-likeness (QED) is 0.748. The lowest BCUT2D eigenvalue weighted by Crippen LogP contribution is -2.11. The lowest BCUT2D eigenvalue weighted by molar-refractivity contribution is 0.217.